The zero-order valence-corrected chi connectivity index (χ0v) is 11.1. The van der Waals surface area contributed by atoms with Crippen molar-refractivity contribution in [1.82, 2.24) is 14.9 Å². The fraction of sp³-hybridized carbons (Fsp3) is 0.500. The van der Waals surface area contributed by atoms with E-state index in [2.05, 4.69) is 27.9 Å². The Labute approximate surface area is 108 Å². The number of aliphatic hydroxyl groups excluding tert-OH is 1. The zero-order chi connectivity index (χ0) is 13.0. The van der Waals surface area contributed by atoms with Crippen molar-refractivity contribution in [2.45, 2.75) is 32.4 Å². The summed E-state index contributed by atoms with van der Waals surface area (Å²) in [4.78, 5) is 4.62. The number of hydrogen-bond acceptors (Lipinski definition) is 3. The summed E-state index contributed by atoms with van der Waals surface area (Å²) in [6.45, 7) is 3.16. The molecule has 0 aliphatic rings. The van der Waals surface area contributed by atoms with Crippen LogP contribution in [0.4, 0.5) is 0 Å². The Bertz CT molecular complexity index is 507. The van der Waals surface area contributed by atoms with Crippen molar-refractivity contribution in [2.24, 2.45) is 7.05 Å². The van der Waals surface area contributed by atoms with Gasteiger partial charge in [0.2, 0.25) is 0 Å². The van der Waals surface area contributed by atoms with Crippen molar-refractivity contribution < 1.29 is 5.11 Å². The lowest BCUT2D eigenvalue weighted by Crippen LogP contribution is -2.26. The molecule has 1 aromatic carbocycles. The van der Waals surface area contributed by atoms with Gasteiger partial charge in [-0.2, -0.15) is 0 Å². The van der Waals surface area contributed by atoms with E-state index in [0.717, 1.165) is 36.2 Å². The van der Waals surface area contributed by atoms with Crippen LogP contribution in [0.25, 0.3) is 11.0 Å². The van der Waals surface area contributed by atoms with Crippen LogP contribution in [-0.2, 0) is 13.6 Å². The third kappa shape index (κ3) is 2.89. The van der Waals surface area contributed by atoms with Crippen LogP contribution in [0.3, 0.4) is 0 Å². The number of aromatic nitrogens is 2. The Morgan fingerprint density at radius 2 is 2.17 bits per heavy atom. The summed E-state index contributed by atoms with van der Waals surface area (Å²) in [5.74, 6) is 1.05. The van der Waals surface area contributed by atoms with E-state index in [1.54, 1.807) is 0 Å². The number of imidazole rings is 1. The molecule has 4 nitrogen and oxygen atoms in total. The smallest absolute Gasteiger partial charge is 0.123 e. The number of nitrogens with zero attached hydrogens (tertiary/aromatic N) is 2. The highest BCUT2D eigenvalue weighted by Crippen LogP contribution is 2.14. The lowest BCUT2D eigenvalue weighted by molar-refractivity contribution is 0.276. The van der Waals surface area contributed by atoms with E-state index in [4.69, 9.17) is 5.11 Å². The van der Waals surface area contributed by atoms with Crippen LogP contribution >= 0.6 is 0 Å². The van der Waals surface area contributed by atoms with E-state index in [0.29, 0.717) is 6.04 Å². The zero-order valence-electron chi connectivity index (χ0n) is 11.1. The monoisotopic (exact) mass is 247 g/mol. The second-order valence-corrected chi connectivity index (χ2v) is 4.72. The van der Waals surface area contributed by atoms with Gasteiger partial charge in [-0.25, -0.2) is 4.98 Å². The Hall–Kier alpha value is -1.39. The number of aryl methyl sites for hydroxylation is 1. The van der Waals surface area contributed by atoms with E-state index < -0.39 is 0 Å². The number of para-hydroxylation sites is 2. The molecule has 1 heterocycles. The van der Waals surface area contributed by atoms with Gasteiger partial charge in [0.1, 0.15) is 5.82 Å². The second-order valence-electron chi connectivity index (χ2n) is 4.72. The van der Waals surface area contributed by atoms with Gasteiger partial charge in [0, 0.05) is 19.7 Å². The summed E-state index contributed by atoms with van der Waals surface area (Å²) in [5.41, 5.74) is 2.21. The molecule has 1 atom stereocenters. The molecule has 0 aliphatic carbocycles. The SMILES string of the molecule is CC(CCCO)NCc1nc2ccccc2n1C. The third-order valence-electron chi connectivity index (χ3n) is 3.28. The van der Waals surface area contributed by atoms with Gasteiger partial charge in [-0.15, -0.1) is 0 Å². The van der Waals surface area contributed by atoms with Crippen molar-refractivity contribution in [3.05, 3.63) is 30.1 Å². The average Bonchev–Trinajstić information content (AvgIpc) is 2.71. The quantitative estimate of drug-likeness (QED) is 0.818. The van der Waals surface area contributed by atoms with Crippen LogP contribution in [0.5, 0.6) is 0 Å². The van der Waals surface area contributed by atoms with Crippen LogP contribution < -0.4 is 5.32 Å². The highest BCUT2D eigenvalue weighted by atomic mass is 16.2. The predicted molar refractivity (Wildman–Crippen MR) is 73.3 cm³/mol. The maximum atomic E-state index is 8.80. The molecule has 0 spiro atoms. The number of rotatable bonds is 6. The topological polar surface area (TPSA) is 50.1 Å². The van der Waals surface area contributed by atoms with Crippen molar-refractivity contribution in [1.29, 1.82) is 0 Å². The molecule has 0 saturated heterocycles. The summed E-state index contributed by atoms with van der Waals surface area (Å²) >= 11 is 0. The molecule has 0 radical (unpaired) electrons. The van der Waals surface area contributed by atoms with E-state index >= 15 is 0 Å². The maximum absolute atomic E-state index is 8.80. The number of aliphatic hydroxyl groups is 1. The van der Waals surface area contributed by atoms with Crippen molar-refractivity contribution in [2.75, 3.05) is 6.61 Å². The summed E-state index contributed by atoms with van der Waals surface area (Å²) in [6.07, 6.45) is 1.83. The first kappa shape index (κ1) is 13.1. The Kier molecular flexibility index (Phi) is 4.33. The summed E-state index contributed by atoms with van der Waals surface area (Å²) < 4.78 is 2.13. The molecule has 18 heavy (non-hydrogen) atoms. The largest absolute Gasteiger partial charge is 0.396 e. The molecule has 0 aliphatic heterocycles. The minimum absolute atomic E-state index is 0.262. The maximum Gasteiger partial charge on any atom is 0.123 e. The number of fused-ring (bicyclic) bond motifs is 1. The number of benzene rings is 1. The minimum atomic E-state index is 0.262. The first-order valence-electron chi connectivity index (χ1n) is 6.47. The predicted octanol–water partition coefficient (Wildman–Crippen LogP) is 1.82. The van der Waals surface area contributed by atoms with Gasteiger partial charge in [-0.3, -0.25) is 0 Å². The number of hydrogen-bond donors (Lipinski definition) is 2. The van der Waals surface area contributed by atoms with Gasteiger partial charge in [-0.1, -0.05) is 12.1 Å². The van der Waals surface area contributed by atoms with Gasteiger partial charge < -0.3 is 15.0 Å². The van der Waals surface area contributed by atoms with Crippen LogP contribution in [0.15, 0.2) is 24.3 Å². The van der Waals surface area contributed by atoms with Crippen LogP contribution in [0.1, 0.15) is 25.6 Å². The molecule has 1 aromatic heterocycles. The van der Waals surface area contributed by atoms with E-state index in [1.165, 1.54) is 0 Å². The highest BCUT2D eigenvalue weighted by molar-refractivity contribution is 5.75. The fourth-order valence-corrected chi connectivity index (χ4v) is 2.12. The summed E-state index contributed by atoms with van der Waals surface area (Å²) in [6, 6.07) is 8.56. The van der Waals surface area contributed by atoms with Gasteiger partial charge in [-0.05, 0) is 31.9 Å². The van der Waals surface area contributed by atoms with Gasteiger partial charge >= 0.3 is 0 Å². The van der Waals surface area contributed by atoms with Gasteiger partial charge in [0.25, 0.3) is 0 Å². The average molecular weight is 247 g/mol. The molecular weight excluding hydrogens is 226 g/mol. The Balaban J connectivity index is 2.01. The second kappa shape index (κ2) is 5.98. The number of nitrogens with one attached hydrogen (secondary N) is 1. The first-order valence-corrected chi connectivity index (χ1v) is 6.47. The highest BCUT2D eigenvalue weighted by Gasteiger charge is 2.08. The van der Waals surface area contributed by atoms with Crippen molar-refractivity contribution in [3.8, 4) is 0 Å². The molecule has 2 aromatic rings. The normalized spacial score (nSPS) is 13.1. The van der Waals surface area contributed by atoms with Gasteiger partial charge in [0.05, 0.1) is 17.6 Å². The fourth-order valence-electron chi connectivity index (χ4n) is 2.12. The lowest BCUT2D eigenvalue weighted by Gasteiger charge is -2.12. The Morgan fingerprint density at radius 1 is 1.39 bits per heavy atom. The summed E-state index contributed by atoms with van der Waals surface area (Å²) in [5, 5.41) is 12.2. The molecule has 0 amide bonds. The molecule has 2 rings (SSSR count). The molecule has 0 bridgehead atoms. The first-order chi connectivity index (χ1) is 8.72. The molecular formula is C14H21N3O. The van der Waals surface area contributed by atoms with E-state index in [9.17, 15) is 0 Å². The minimum Gasteiger partial charge on any atom is -0.396 e. The van der Waals surface area contributed by atoms with Crippen LogP contribution in [-0.4, -0.2) is 27.3 Å². The van der Waals surface area contributed by atoms with Gasteiger partial charge in [0.15, 0.2) is 0 Å². The molecule has 0 saturated carbocycles. The molecule has 4 heteroatoms. The summed E-state index contributed by atoms with van der Waals surface area (Å²) in [7, 11) is 2.05. The van der Waals surface area contributed by atoms with Crippen molar-refractivity contribution >= 4 is 11.0 Å². The van der Waals surface area contributed by atoms with E-state index in [1.807, 2.05) is 25.2 Å². The Morgan fingerprint density at radius 3 is 2.89 bits per heavy atom. The van der Waals surface area contributed by atoms with Crippen molar-refractivity contribution in [3.63, 3.8) is 0 Å². The molecule has 98 valence electrons. The van der Waals surface area contributed by atoms with Crippen LogP contribution in [0, 0.1) is 0 Å². The molecule has 1 unspecified atom stereocenters. The molecule has 2 N–H and O–H groups in total. The molecule has 0 fully saturated rings. The lowest BCUT2D eigenvalue weighted by atomic mass is 10.2. The standard InChI is InChI=1S/C14H21N3O/c1-11(6-5-9-18)15-10-14-16-12-7-3-4-8-13(12)17(14)2/h3-4,7-8,11,15,18H,5-6,9-10H2,1-2H3. The van der Waals surface area contributed by atoms with Crippen LogP contribution in [0.2, 0.25) is 0 Å². The van der Waals surface area contributed by atoms with E-state index in [-0.39, 0.29) is 6.61 Å². The third-order valence-corrected chi connectivity index (χ3v) is 3.28.